The number of halogens is 2. The predicted molar refractivity (Wildman–Crippen MR) is 147 cm³/mol. The minimum Gasteiger partial charge on any atom is -0.497 e. The molecule has 0 aliphatic heterocycles. The molecule has 0 bridgehead atoms. The van der Waals surface area contributed by atoms with E-state index in [0.717, 1.165) is 22.6 Å². The van der Waals surface area contributed by atoms with Crippen molar-refractivity contribution in [2.75, 3.05) is 12.4 Å². The third-order valence-electron chi connectivity index (χ3n) is 6.01. The Bertz CT molecular complexity index is 1850. The second kappa shape index (κ2) is 9.24. The number of hydrogen-bond donors (Lipinski definition) is 2. The van der Waals surface area contributed by atoms with Gasteiger partial charge in [-0.3, -0.25) is 14.5 Å². The number of methoxy groups -OCH3 is 1. The van der Waals surface area contributed by atoms with Crippen LogP contribution in [0, 0.1) is 0 Å². The van der Waals surface area contributed by atoms with Crippen molar-refractivity contribution in [2.45, 2.75) is 0 Å². The molecule has 0 amide bonds. The molecule has 0 fully saturated rings. The normalized spacial score (nSPS) is 11.2. The van der Waals surface area contributed by atoms with Gasteiger partial charge in [-0.05, 0) is 59.7 Å². The Morgan fingerprint density at radius 3 is 2.54 bits per heavy atom. The van der Waals surface area contributed by atoms with Crippen LogP contribution in [-0.4, -0.2) is 31.8 Å². The summed E-state index contributed by atoms with van der Waals surface area (Å²) in [6, 6.07) is 20.4. The van der Waals surface area contributed by atoms with Crippen molar-refractivity contribution in [3.8, 4) is 22.6 Å². The van der Waals surface area contributed by atoms with Crippen molar-refractivity contribution in [1.29, 1.82) is 0 Å². The average Bonchev–Trinajstić information content (AvgIpc) is 3.42. The van der Waals surface area contributed by atoms with Crippen molar-refractivity contribution >= 4 is 56.8 Å². The van der Waals surface area contributed by atoms with E-state index >= 15 is 0 Å². The van der Waals surface area contributed by atoms with Crippen molar-refractivity contribution in [1.82, 2.24) is 24.7 Å². The van der Waals surface area contributed by atoms with Gasteiger partial charge in [0, 0.05) is 18.1 Å². The highest BCUT2D eigenvalue weighted by Gasteiger charge is 2.17. The van der Waals surface area contributed by atoms with Crippen LogP contribution in [0.3, 0.4) is 0 Å². The molecule has 10 heteroatoms. The molecule has 8 nitrogen and oxygen atoms in total. The van der Waals surface area contributed by atoms with Crippen molar-refractivity contribution in [3.63, 3.8) is 0 Å². The Labute approximate surface area is 220 Å². The number of aromatic amines is 1. The number of fused-ring (bicyclic) bond motifs is 3. The third kappa shape index (κ3) is 4.16. The molecule has 2 N–H and O–H groups in total. The van der Waals surface area contributed by atoms with E-state index in [1.165, 1.54) is 0 Å². The van der Waals surface area contributed by atoms with Gasteiger partial charge in [-0.15, -0.1) is 0 Å². The van der Waals surface area contributed by atoms with Crippen LogP contribution >= 0.6 is 23.2 Å². The van der Waals surface area contributed by atoms with Gasteiger partial charge in [0.05, 0.1) is 33.6 Å². The Morgan fingerprint density at radius 2 is 1.76 bits per heavy atom. The van der Waals surface area contributed by atoms with Gasteiger partial charge in [-0.1, -0.05) is 41.4 Å². The lowest BCUT2D eigenvalue weighted by Crippen LogP contribution is -2.20. The summed E-state index contributed by atoms with van der Waals surface area (Å²) in [6.45, 7) is 0. The van der Waals surface area contributed by atoms with Crippen LogP contribution in [0.15, 0.2) is 83.9 Å². The van der Waals surface area contributed by atoms with Crippen LogP contribution < -0.4 is 15.6 Å². The number of hydrogen-bond acceptors (Lipinski definition) is 6. The standard InChI is InChI=1S/C27H18Cl2N6O2/c1-37-19-8-6-17(7-9-19)32-27-30-13-20-24-21(14-31-34-24)26(36)35(25(20)33-27)18-4-2-3-15(11-18)16-5-10-22(28)23(29)12-16/h2-14H,1H3,(H,31,34)(H,30,32,33). The second-order valence-electron chi connectivity index (χ2n) is 8.25. The number of nitrogens with one attached hydrogen (secondary N) is 2. The number of ether oxygens (including phenoxy) is 1. The first-order chi connectivity index (χ1) is 18.0. The molecular formula is C27H18Cl2N6O2. The Balaban J connectivity index is 1.53. The van der Waals surface area contributed by atoms with Gasteiger partial charge in [-0.25, -0.2) is 4.98 Å². The maximum atomic E-state index is 13.7. The summed E-state index contributed by atoms with van der Waals surface area (Å²) >= 11 is 12.4. The van der Waals surface area contributed by atoms with E-state index in [-0.39, 0.29) is 5.56 Å². The van der Waals surface area contributed by atoms with Crippen molar-refractivity contribution < 1.29 is 4.74 Å². The van der Waals surface area contributed by atoms with Crippen LogP contribution in [0.25, 0.3) is 38.8 Å². The van der Waals surface area contributed by atoms with Crippen LogP contribution in [0.1, 0.15) is 0 Å². The molecular weight excluding hydrogens is 511 g/mol. The van der Waals surface area contributed by atoms with Gasteiger partial charge < -0.3 is 10.1 Å². The molecule has 0 saturated carbocycles. The average molecular weight is 529 g/mol. The molecule has 37 heavy (non-hydrogen) atoms. The SMILES string of the molecule is COc1ccc(Nc2ncc3c4n[nH]cc4c(=O)n(-c4cccc(-c5ccc(Cl)c(Cl)c5)c4)c3n2)cc1. The van der Waals surface area contributed by atoms with E-state index in [1.54, 1.807) is 36.2 Å². The lowest BCUT2D eigenvalue weighted by atomic mass is 10.0. The summed E-state index contributed by atoms with van der Waals surface area (Å²) < 4.78 is 6.79. The maximum Gasteiger partial charge on any atom is 0.267 e. The number of aromatic nitrogens is 5. The third-order valence-corrected chi connectivity index (χ3v) is 6.75. The molecule has 0 radical (unpaired) electrons. The summed E-state index contributed by atoms with van der Waals surface area (Å²) in [5.41, 5.74) is 3.82. The van der Waals surface area contributed by atoms with Gasteiger partial charge in [0.25, 0.3) is 5.56 Å². The molecule has 0 saturated heterocycles. The van der Waals surface area contributed by atoms with E-state index in [9.17, 15) is 4.79 Å². The molecule has 3 heterocycles. The topological polar surface area (TPSA) is 97.7 Å². The predicted octanol–water partition coefficient (Wildman–Crippen LogP) is 6.38. The fourth-order valence-electron chi connectivity index (χ4n) is 4.19. The Morgan fingerprint density at radius 1 is 0.946 bits per heavy atom. The molecule has 0 atom stereocenters. The maximum absolute atomic E-state index is 13.7. The molecule has 182 valence electrons. The molecule has 0 spiro atoms. The zero-order valence-electron chi connectivity index (χ0n) is 19.4. The lowest BCUT2D eigenvalue weighted by Gasteiger charge is -2.13. The van der Waals surface area contributed by atoms with Gasteiger partial charge in [0.2, 0.25) is 5.95 Å². The van der Waals surface area contributed by atoms with Crippen LogP contribution in [0.4, 0.5) is 11.6 Å². The van der Waals surface area contributed by atoms with E-state index < -0.39 is 0 Å². The monoisotopic (exact) mass is 528 g/mol. The largest absolute Gasteiger partial charge is 0.497 e. The number of rotatable bonds is 5. The quantitative estimate of drug-likeness (QED) is 0.269. The van der Waals surface area contributed by atoms with E-state index in [0.29, 0.717) is 43.6 Å². The van der Waals surface area contributed by atoms with Crippen molar-refractivity contribution in [3.05, 3.63) is 99.5 Å². The van der Waals surface area contributed by atoms with Crippen LogP contribution in [0.5, 0.6) is 5.75 Å². The minimum atomic E-state index is -0.253. The van der Waals surface area contributed by atoms with Crippen LogP contribution in [-0.2, 0) is 0 Å². The Hall–Kier alpha value is -4.40. The fraction of sp³-hybridized carbons (Fsp3) is 0.0370. The lowest BCUT2D eigenvalue weighted by molar-refractivity contribution is 0.415. The number of H-pyrrole nitrogens is 1. The van der Waals surface area contributed by atoms with Crippen LogP contribution in [0.2, 0.25) is 10.0 Å². The second-order valence-corrected chi connectivity index (χ2v) is 9.07. The Kier molecular flexibility index (Phi) is 5.75. The molecule has 0 aliphatic carbocycles. The molecule has 6 aromatic rings. The van der Waals surface area contributed by atoms with Gasteiger partial charge in [0.1, 0.15) is 11.3 Å². The number of benzene rings is 3. The zero-order valence-corrected chi connectivity index (χ0v) is 20.9. The summed E-state index contributed by atoms with van der Waals surface area (Å²) in [6.07, 6.45) is 3.25. The highest BCUT2D eigenvalue weighted by atomic mass is 35.5. The van der Waals surface area contributed by atoms with E-state index in [4.69, 9.17) is 32.9 Å². The van der Waals surface area contributed by atoms with Gasteiger partial charge in [-0.2, -0.15) is 10.1 Å². The van der Waals surface area contributed by atoms with E-state index in [1.807, 2.05) is 54.6 Å². The number of anilines is 2. The fourth-order valence-corrected chi connectivity index (χ4v) is 4.49. The van der Waals surface area contributed by atoms with Crippen molar-refractivity contribution in [2.24, 2.45) is 0 Å². The number of pyridine rings is 1. The molecule has 3 aromatic heterocycles. The molecule has 0 aliphatic rings. The first kappa shape index (κ1) is 23.0. The molecule has 0 unspecified atom stereocenters. The first-order valence-corrected chi connectivity index (χ1v) is 12.0. The zero-order chi connectivity index (χ0) is 25.5. The molecule has 3 aromatic carbocycles. The smallest absolute Gasteiger partial charge is 0.267 e. The number of nitrogens with zero attached hydrogens (tertiary/aromatic N) is 4. The van der Waals surface area contributed by atoms with E-state index in [2.05, 4.69) is 20.5 Å². The van der Waals surface area contributed by atoms with Gasteiger partial charge in [0.15, 0.2) is 5.65 Å². The van der Waals surface area contributed by atoms with Gasteiger partial charge >= 0.3 is 0 Å². The minimum absolute atomic E-state index is 0.253. The first-order valence-electron chi connectivity index (χ1n) is 11.2. The molecule has 6 rings (SSSR count). The summed E-state index contributed by atoms with van der Waals surface area (Å²) in [4.78, 5) is 22.9. The highest BCUT2D eigenvalue weighted by molar-refractivity contribution is 6.42. The summed E-state index contributed by atoms with van der Waals surface area (Å²) in [5.74, 6) is 1.07. The summed E-state index contributed by atoms with van der Waals surface area (Å²) in [5, 5.41) is 12.3. The summed E-state index contributed by atoms with van der Waals surface area (Å²) in [7, 11) is 1.61. The highest BCUT2D eigenvalue weighted by Crippen LogP contribution is 2.30.